The highest BCUT2D eigenvalue weighted by Crippen LogP contribution is 2.27. The van der Waals surface area contributed by atoms with E-state index < -0.39 is 0 Å². The first-order valence-corrected chi connectivity index (χ1v) is 8.97. The number of para-hydroxylation sites is 2. The summed E-state index contributed by atoms with van der Waals surface area (Å²) in [5, 5.41) is 7.23. The minimum atomic E-state index is -0.355. The number of carbonyl (C=O) groups is 1. The maximum Gasteiger partial charge on any atom is 0.257 e. The Hall–Kier alpha value is -3.85. The van der Waals surface area contributed by atoms with E-state index in [0.29, 0.717) is 35.3 Å². The van der Waals surface area contributed by atoms with Crippen LogP contribution in [0, 0.1) is 0 Å². The van der Waals surface area contributed by atoms with Gasteiger partial charge in [0, 0.05) is 26.0 Å². The van der Waals surface area contributed by atoms with Crippen LogP contribution in [0.15, 0.2) is 53.9 Å². The van der Waals surface area contributed by atoms with Gasteiger partial charge in [-0.25, -0.2) is 9.97 Å². The lowest BCUT2D eigenvalue weighted by Crippen LogP contribution is -2.27. The van der Waals surface area contributed by atoms with Gasteiger partial charge in [-0.2, -0.15) is 9.78 Å². The Morgan fingerprint density at radius 3 is 2.66 bits per heavy atom. The Labute approximate surface area is 166 Å². The number of rotatable bonds is 6. The minimum Gasteiger partial charge on any atom is -0.383 e. The van der Waals surface area contributed by atoms with Crippen LogP contribution in [0.1, 0.15) is 15.9 Å². The Bertz CT molecular complexity index is 1200. The molecule has 9 nitrogen and oxygen atoms in total. The van der Waals surface area contributed by atoms with E-state index in [1.807, 2.05) is 36.4 Å². The van der Waals surface area contributed by atoms with Crippen LogP contribution < -0.4 is 11.1 Å². The number of anilines is 1. The Balaban J connectivity index is 1.87. The van der Waals surface area contributed by atoms with Gasteiger partial charge in [-0.1, -0.05) is 12.1 Å². The summed E-state index contributed by atoms with van der Waals surface area (Å²) >= 11 is 0. The van der Waals surface area contributed by atoms with Gasteiger partial charge in [-0.3, -0.25) is 9.78 Å². The third-order valence-electron chi connectivity index (χ3n) is 4.32. The molecule has 1 aromatic carbocycles. The number of benzene rings is 1. The van der Waals surface area contributed by atoms with E-state index in [9.17, 15) is 4.79 Å². The van der Waals surface area contributed by atoms with Crippen molar-refractivity contribution >= 4 is 40.1 Å². The van der Waals surface area contributed by atoms with Crippen LogP contribution in [0.25, 0.3) is 22.2 Å². The number of hydrogen-bond acceptors (Lipinski definition) is 7. The van der Waals surface area contributed by atoms with E-state index in [-0.39, 0.29) is 17.3 Å². The fourth-order valence-corrected chi connectivity index (χ4v) is 2.92. The van der Waals surface area contributed by atoms with Gasteiger partial charge >= 0.3 is 0 Å². The van der Waals surface area contributed by atoms with Gasteiger partial charge in [0.1, 0.15) is 16.9 Å². The molecule has 3 heterocycles. The maximum atomic E-state index is 12.8. The average Bonchev–Trinajstić information content (AvgIpc) is 3.01. The highest BCUT2D eigenvalue weighted by molar-refractivity contribution is 6.10. The highest BCUT2D eigenvalue weighted by atomic mass is 16.5. The first-order chi connectivity index (χ1) is 14.2. The van der Waals surface area contributed by atoms with E-state index in [1.165, 1.54) is 4.68 Å². The summed E-state index contributed by atoms with van der Waals surface area (Å²) in [6, 6.07) is 11.0. The number of fused-ring (bicyclic) bond motifs is 2. The van der Waals surface area contributed by atoms with Crippen LogP contribution in [0.3, 0.4) is 0 Å². The molecule has 3 aromatic heterocycles. The fraction of sp³-hybridized carbons (Fsp3) is 0.150. The maximum absolute atomic E-state index is 12.8. The molecular formula is C20H19N7O2. The molecule has 0 radical (unpaired) electrons. The smallest absolute Gasteiger partial charge is 0.257 e. The average molecular weight is 389 g/mol. The summed E-state index contributed by atoms with van der Waals surface area (Å²) in [5.74, 6) is -0.192. The second kappa shape index (κ2) is 8.03. The van der Waals surface area contributed by atoms with Gasteiger partial charge in [-0.05, 0) is 29.8 Å². The van der Waals surface area contributed by atoms with Crippen molar-refractivity contribution in [3.05, 3.63) is 59.9 Å². The van der Waals surface area contributed by atoms with Crippen molar-refractivity contribution < 1.29 is 9.53 Å². The standard InChI is InChI=1S/C20H19N7O2/c1-29-11-10-23-20(28)16-17-19(26-15-5-3-2-4-14(15)25-17)27(18(16)21)24-12-13-6-8-22-9-7-13/h2-9,12H,10-11,21H2,1H3,(H,23,28)/b24-12+. The molecule has 0 bridgehead atoms. The summed E-state index contributed by atoms with van der Waals surface area (Å²) in [7, 11) is 1.57. The predicted octanol–water partition coefficient (Wildman–Crippen LogP) is 1.82. The molecule has 0 atom stereocenters. The van der Waals surface area contributed by atoms with Crippen molar-refractivity contribution in [1.82, 2.24) is 24.9 Å². The normalized spacial score (nSPS) is 11.5. The Kier molecular flexibility index (Phi) is 5.12. The third-order valence-corrected chi connectivity index (χ3v) is 4.32. The number of ether oxygens (including phenoxy) is 1. The number of carbonyl (C=O) groups excluding carboxylic acids is 1. The molecule has 0 saturated carbocycles. The number of aromatic nitrogens is 4. The molecule has 146 valence electrons. The highest BCUT2D eigenvalue weighted by Gasteiger charge is 2.23. The van der Waals surface area contributed by atoms with Crippen molar-refractivity contribution in [1.29, 1.82) is 0 Å². The van der Waals surface area contributed by atoms with E-state index in [4.69, 9.17) is 10.5 Å². The lowest BCUT2D eigenvalue weighted by Gasteiger charge is -2.04. The summed E-state index contributed by atoms with van der Waals surface area (Å²) in [6.07, 6.45) is 4.96. The second-order valence-electron chi connectivity index (χ2n) is 6.23. The summed E-state index contributed by atoms with van der Waals surface area (Å²) < 4.78 is 6.42. The number of hydrogen-bond donors (Lipinski definition) is 2. The molecule has 1 amide bonds. The molecule has 4 aromatic rings. The molecule has 0 fully saturated rings. The van der Waals surface area contributed by atoms with Crippen LogP contribution in [0.2, 0.25) is 0 Å². The van der Waals surface area contributed by atoms with Gasteiger partial charge in [0.2, 0.25) is 0 Å². The van der Waals surface area contributed by atoms with E-state index in [2.05, 4.69) is 25.4 Å². The van der Waals surface area contributed by atoms with Crippen LogP contribution in [0.4, 0.5) is 5.82 Å². The molecule has 9 heteroatoms. The molecule has 0 aliphatic rings. The minimum absolute atomic E-state index is 0.163. The lowest BCUT2D eigenvalue weighted by atomic mass is 10.2. The summed E-state index contributed by atoms with van der Waals surface area (Å²) in [6.45, 7) is 0.738. The summed E-state index contributed by atoms with van der Waals surface area (Å²) in [5.41, 5.74) is 9.53. The van der Waals surface area contributed by atoms with Crippen molar-refractivity contribution in [3.8, 4) is 0 Å². The molecule has 0 aliphatic heterocycles. The van der Waals surface area contributed by atoms with Gasteiger partial charge in [0.15, 0.2) is 5.65 Å². The van der Waals surface area contributed by atoms with E-state index in [1.54, 1.807) is 25.7 Å². The topological polar surface area (TPSA) is 120 Å². The van der Waals surface area contributed by atoms with Crippen LogP contribution in [0.5, 0.6) is 0 Å². The molecule has 29 heavy (non-hydrogen) atoms. The van der Waals surface area contributed by atoms with E-state index >= 15 is 0 Å². The predicted molar refractivity (Wildman–Crippen MR) is 111 cm³/mol. The number of pyridine rings is 1. The Morgan fingerprint density at radius 1 is 1.21 bits per heavy atom. The molecule has 4 rings (SSSR count). The molecule has 0 unspecified atom stereocenters. The zero-order valence-electron chi connectivity index (χ0n) is 15.7. The van der Waals surface area contributed by atoms with Crippen LogP contribution in [-0.2, 0) is 4.74 Å². The quantitative estimate of drug-likeness (QED) is 0.383. The van der Waals surface area contributed by atoms with Crippen LogP contribution >= 0.6 is 0 Å². The molecule has 0 spiro atoms. The van der Waals surface area contributed by atoms with Gasteiger partial charge in [-0.15, -0.1) is 0 Å². The molecule has 3 N–H and O–H groups in total. The van der Waals surface area contributed by atoms with Crippen molar-refractivity contribution in [2.45, 2.75) is 0 Å². The third kappa shape index (κ3) is 3.63. The first-order valence-electron chi connectivity index (χ1n) is 8.97. The molecular weight excluding hydrogens is 370 g/mol. The zero-order valence-corrected chi connectivity index (χ0v) is 15.7. The number of methoxy groups -OCH3 is 1. The van der Waals surface area contributed by atoms with Gasteiger partial charge in [0.25, 0.3) is 5.91 Å². The monoisotopic (exact) mass is 389 g/mol. The fourth-order valence-electron chi connectivity index (χ4n) is 2.92. The number of nitrogens with one attached hydrogen (secondary N) is 1. The van der Waals surface area contributed by atoms with Crippen molar-refractivity contribution in [3.63, 3.8) is 0 Å². The van der Waals surface area contributed by atoms with Gasteiger partial charge < -0.3 is 15.8 Å². The zero-order chi connectivity index (χ0) is 20.2. The SMILES string of the molecule is COCCNC(=O)c1c(N)n(/N=C/c2ccncc2)c2nc3ccccc3nc12. The van der Waals surface area contributed by atoms with E-state index in [0.717, 1.165) is 5.56 Å². The number of nitrogen functional groups attached to an aromatic ring is 1. The molecule has 0 aliphatic carbocycles. The second-order valence-corrected chi connectivity index (χ2v) is 6.23. The number of amides is 1. The van der Waals surface area contributed by atoms with Gasteiger partial charge in [0.05, 0.1) is 23.9 Å². The van der Waals surface area contributed by atoms with Crippen molar-refractivity contribution in [2.75, 3.05) is 26.0 Å². The lowest BCUT2D eigenvalue weighted by molar-refractivity contribution is 0.0939. The number of nitrogens with zero attached hydrogens (tertiary/aromatic N) is 5. The first kappa shape index (κ1) is 18.5. The Morgan fingerprint density at radius 2 is 1.93 bits per heavy atom. The van der Waals surface area contributed by atoms with Crippen molar-refractivity contribution in [2.24, 2.45) is 5.10 Å². The van der Waals surface area contributed by atoms with Crippen LogP contribution in [-0.4, -0.2) is 52.0 Å². The molecule has 0 saturated heterocycles. The number of nitrogens with two attached hydrogens (primary N) is 1. The summed E-state index contributed by atoms with van der Waals surface area (Å²) in [4.78, 5) is 26.0. The largest absolute Gasteiger partial charge is 0.383 e.